The lowest BCUT2D eigenvalue weighted by Crippen LogP contribution is -2.03. The van der Waals surface area contributed by atoms with Gasteiger partial charge < -0.3 is 9.47 Å². The van der Waals surface area contributed by atoms with Gasteiger partial charge in [0, 0.05) is 18.0 Å². The molecule has 0 aliphatic heterocycles. The second-order valence-corrected chi connectivity index (χ2v) is 3.86. The average molecular weight is 270 g/mol. The molecule has 0 saturated carbocycles. The largest absolute Gasteiger partial charge is 0.508 e. The van der Waals surface area contributed by atoms with E-state index in [1.807, 2.05) is 30.3 Å². The first kappa shape index (κ1) is 13.7. The van der Waals surface area contributed by atoms with Crippen molar-refractivity contribution in [2.75, 3.05) is 13.7 Å². The molecule has 0 aliphatic carbocycles. The van der Waals surface area contributed by atoms with Gasteiger partial charge in [-0.15, -0.1) is 0 Å². The van der Waals surface area contributed by atoms with E-state index in [4.69, 9.17) is 4.74 Å². The molecule has 0 saturated heterocycles. The zero-order valence-corrected chi connectivity index (χ0v) is 11.0. The van der Waals surface area contributed by atoms with E-state index in [0.717, 1.165) is 11.1 Å². The fraction of sp³-hybridized carbons (Fsp3) is 0.133. The van der Waals surface area contributed by atoms with Crippen molar-refractivity contribution in [1.29, 1.82) is 0 Å². The lowest BCUT2D eigenvalue weighted by Gasteiger charge is -2.00. The average Bonchev–Trinajstić information content (AvgIpc) is 2.52. The van der Waals surface area contributed by atoms with Gasteiger partial charge in [-0.05, 0) is 17.7 Å². The van der Waals surface area contributed by atoms with Gasteiger partial charge in [-0.1, -0.05) is 30.3 Å². The molecule has 0 aliphatic rings. The number of aromatic nitrogens is 2. The summed E-state index contributed by atoms with van der Waals surface area (Å²) in [6, 6.07) is 9.55. The lowest BCUT2D eigenvalue weighted by atomic mass is 10.1. The van der Waals surface area contributed by atoms with Crippen molar-refractivity contribution in [2.45, 2.75) is 0 Å². The summed E-state index contributed by atoms with van der Waals surface area (Å²) in [5, 5.41) is 0. The zero-order chi connectivity index (χ0) is 14.2. The monoisotopic (exact) mass is 270 g/mol. The highest BCUT2D eigenvalue weighted by Gasteiger charge is 1.99. The van der Waals surface area contributed by atoms with Crippen LogP contribution in [0.15, 0.2) is 48.8 Å². The first-order valence-electron chi connectivity index (χ1n) is 6.04. The van der Waals surface area contributed by atoms with Crippen molar-refractivity contribution in [2.24, 2.45) is 0 Å². The maximum Gasteiger partial charge on any atom is 0.508 e. The Hall–Kier alpha value is -2.69. The van der Waals surface area contributed by atoms with Crippen molar-refractivity contribution < 1.29 is 14.3 Å². The van der Waals surface area contributed by atoms with E-state index >= 15 is 0 Å². The molecule has 0 amide bonds. The normalized spacial score (nSPS) is 10.4. The van der Waals surface area contributed by atoms with Gasteiger partial charge in [0.2, 0.25) is 0 Å². The van der Waals surface area contributed by atoms with Crippen molar-refractivity contribution in [3.63, 3.8) is 0 Å². The Bertz CT molecular complexity index is 580. The number of benzene rings is 1. The summed E-state index contributed by atoms with van der Waals surface area (Å²) in [6.45, 7) is 0.177. The van der Waals surface area contributed by atoms with Crippen LogP contribution in [0.4, 0.5) is 4.79 Å². The number of hydrogen-bond acceptors (Lipinski definition) is 5. The van der Waals surface area contributed by atoms with Gasteiger partial charge in [0.05, 0.1) is 7.11 Å². The molecule has 2 rings (SSSR count). The summed E-state index contributed by atoms with van der Waals surface area (Å²) >= 11 is 0. The van der Waals surface area contributed by atoms with Crippen LogP contribution in [0.3, 0.4) is 0 Å². The van der Waals surface area contributed by atoms with Gasteiger partial charge in [0.1, 0.15) is 6.61 Å². The smallest absolute Gasteiger partial charge is 0.438 e. The van der Waals surface area contributed by atoms with Crippen LogP contribution in [0.25, 0.3) is 17.5 Å². The molecular weight excluding hydrogens is 256 g/mol. The molecule has 0 radical (unpaired) electrons. The van der Waals surface area contributed by atoms with E-state index in [2.05, 4.69) is 14.7 Å². The highest BCUT2D eigenvalue weighted by molar-refractivity contribution is 5.61. The molecule has 1 heterocycles. The van der Waals surface area contributed by atoms with Crippen molar-refractivity contribution >= 4 is 12.2 Å². The standard InChI is InChI=1S/C15H14N2O3/c1-19-15(18)20-11-2-4-12-5-7-13(8-6-12)14-16-9-3-10-17-14/h2-10H,11H2,1H3/b4-2+. The molecule has 0 atom stereocenters. The molecular formula is C15H14N2O3. The topological polar surface area (TPSA) is 61.3 Å². The van der Waals surface area contributed by atoms with E-state index in [9.17, 15) is 4.79 Å². The molecule has 20 heavy (non-hydrogen) atoms. The number of carbonyl (C=O) groups excluding carboxylic acids is 1. The summed E-state index contributed by atoms with van der Waals surface area (Å²) in [5.74, 6) is 0.692. The minimum atomic E-state index is -0.689. The van der Waals surface area contributed by atoms with Crippen molar-refractivity contribution in [3.05, 3.63) is 54.4 Å². The van der Waals surface area contributed by atoms with E-state index in [1.165, 1.54) is 7.11 Å². The van der Waals surface area contributed by atoms with Crippen LogP contribution < -0.4 is 0 Å². The van der Waals surface area contributed by atoms with Crippen molar-refractivity contribution in [3.8, 4) is 11.4 Å². The molecule has 0 N–H and O–H groups in total. The fourth-order valence-corrected chi connectivity index (χ4v) is 1.55. The first-order chi connectivity index (χ1) is 9.79. The molecule has 5 heteroatoms. The maximum atomic E-state index is 10.7. The fourth-order valence-electron chi connectivity index (χ4n) is 1.55. The number of methoxy groups -OCH3 is 1. The molecule has 0 fully saturated rings. The van der Waals surface area contributed by atoms with Gasteiger partial charge in [-0.3, -0.25) is 0 Å². The number of carbonyl (C=O) groups is 1. The predicted molar refractivity (Wildman–Crippen MR) is 74.9 cm³/mol. The zero-order valence-electron chi connectivity index (χ0n) is 11.0. The Labute approximate surface area is 116 Å². The molecule has 102 valence electrons. The third kappa shape index (κ3) is 3.91. The number of ether oxygens (including phenoxy) is 2. The molecule has 0 bridgehead atoms. The second-order valence-electron chi connectivity index (χ2n) is 3.86. The lowest BCUT2D eigenvalue weighted by molar-refractivity contribution is 0.0819. The van der Waals surface area contributed by atoms with Gasteiger partial charge in [0.15, 0.2) is 5.82 Å². The van der Waals surface area contributed by atoms with Gasteiger partial charge in [-0.25, -0.2) is 14.8 Å². The molecule has 5 nitrogen and oxygen atoms in total. The van der Waals surface area contributed by atoms with Crippen LogP contribution in [0.2, 0.25) is 0 Å². The van der Waals surface area contributed by atoms with Crippen LogP contribution in [0.5, 0.6) is 0 Å². The Balaban J connectivity index is 1.95. The van der Waals surface area contributed by atoms with Crippen LogP contribution in [0, 0.1) is 0 Å². The Morgan fingerprint density at radius 2 is 1.90 bits per heavy atom. The third-order valence-electron chi connectivity index (χ3n) is 2.51. The van der Waals surface area contributed by atoms with E-state index in [0.29, 0.717) is 5.82 Å². The van der Waals surface area contributed by atoms with Crippen LogP contribution in [-0.4, -0.2) is 29.8 Å². The van der Waals surface area contributed by atoms with E-state index < -0.39 is 6.16 Å². The van der Waals surface area contributed by atoms with E-state index in [-0.39, 0.29) is 6.61 Å². The molecule has 0 spiro atoms. The maximum absolute atomic E-state index is 10.7. The third-order valence-corrected chi connectivity index (χ3v) is 2.51. The Kier molecular flexibility index (Phi) is 4.83. The summed E-state index contributed by atoms with van der Waals surface area (Å²) in [7, 11) is 1.27. The Morgan fingerprint density at radius 1 is 1.20 bits per heavy atom. The number of rotatable bonds is 4. The van der Waals surface area contributed by atoms with Crippen LogP contribution in [0.1, 0.15) is 5.56 Å². The summed E-state index contributed by atoms with van der Waals surface area (Å²) in [6.07, 6.45) is 6.33. The molecule has 1 aromatic heterocycles. The second kappa shape index (κ2) is 7.04. The minimum absolute atomic E-state index is 0.177. The molecule has 1 aromatic carbocycles. The first-order valence-corrected chi connectivity index (χ1v) is 6.04. The summed E-state index contributed by atoms with van der Waals surface area (Å²) in [4.78, 5) is 19.1. The summed E-state index contributed by atoms with van der Waals surface area (Å²) < 4.78 is 9.10. The molecule has 2 aromatic rings. The minimum Gasteiger partial charge on any atom is -0.438 e. The highest BCUT2D eigenvalue weighted by Crippen LogP contribution is 2.15. The molecule has 0 unspecified atom stereocenters. The Morgan fingerprint density at radius 3 is 2.55 bits per heavy atom. The number of hydrogen-bond donors (Lipinski definition) is 0. The highest BCUT2D eigenvalue weighted by atomic mass is 16.7. The summed E-state index contributed by atoms with van der Waals surface area (Å²) in [5.41, 5.74) is 1.95. The SMILES string of the molecule is COC(=O)OC/C=C/c1ccc(-c2ncccn2)cc1. The number of nitrogens with zero attached hydrogens (tertiary/aromatic N) is 2. The van der Waals surface area contributed by atoms with Crippen LogP contribution in [-0.2, 0) is 9.47 Å². The van der Waals surface area contributed by atoms with E-state index in [1.54, 1.807) is 24.5 Å². The van der Waals surface area contributed by atoms with Gasteiger partial charge >= 0.3 is 6.16 Å². The van der Waals surface area contributed by atoms with Gasteiger partial charge in [0.25, 0.3) is 0 Å². The van der Waals surface area contributed by atoms with Crippen LogP contribution >= 0.6 is 0 Å². The van der Waals surface area contributed by atoms with Gasteiger partial charge in [-0.2, -0.15) is 0 Å². The predicted octanol–water partition coefficient (Wildman–Crippen LogP) is 2.94. The quantitative estimate of drug-likeness (QED) is 0.799. The van der Waals surface area contributed by atoms with Crippen molar-refractivity contribution in [1.82, 2.24) is 9.97 Å².